The van der Waals surface area contributed by atoms with Gasteiger partial charge >= 0.3 is 0 Å². The van der Waals surface area contributed by atoms with E-state index in [-0.39, 0.29) is 21.7 Å². The molecule has 2 aromatic carbocycles. The van der Waals surface area contributed by atoms with Crippen molar-refractivity contribution in [3.63, 3.8) is 0 Å². The van der Waals surface area contributed by atoms with E-state index in [4.69, 9.17) is 0 Å². The molecule has 0 aliphatic carbocycles. The third kappa shape index (κ3) is 3.05. The van der Waals surface area contributed by atoms with Gasteiger partial charge < -0.3 is 0 Å². The van der Waals surface area contributed by atoms with E-state index in [0.29, 0.717) is 5.13 Å². The Morgan fingerprint density at radius 3 is 2.56 bits per heavy atom. The first kappa shape index (κ1) is 17.8. The van der Waals surface area contributed by atoms with Gasteiger partial charge in [0.15, 0.2) is 5.13 Å². The van der Waals surface area contributed by atoms with Gasteiger partial charge in [0.1, 0.15) is 4.90 Å². The zero-order valence-corrected chi connectivity index (χ0v) is 16.6. The number of hydrogen-bond donors (Lipinski definition) is 1. The number of nitrogens with zero attached hydrogens (tertiary/aromatic N) is 2. The molecule has 2 heterocycles. The minimum absolute atomic E-state index is 0.0312. The van der Waals surface area contributed by atoms with Gasteiger partial charge in [-0.3, -0.25) is 14.9 Å². The number of aromatic nitrogens is 1. The number of anilines is 2. The molecule has 3 aromatic rings. The number of thiazole rings is 1. The Morgan fingerprint density at radius 2 is 1.89 bits per heavy atom. The van der Waals surface area contributed by atoms with Crippen LogP contribution in [0, 0.1) is 0 Å². The zero-order valence-electron chi connectivity index (χ0n) is 13.4. The normalized spacial score (nSPS) is 14.9. The van der Waals surface area contributed by atoms with E-state index in [9.17, 15) is 18.0 Å². The van der Waals surface area contributed by atoms with Gasteiger partial charge in [-0.15, -0.1) is 11.3 Å². The van der Waals surface area contributed by atoms with Gasteiger partial charge in [0, 0.05) is 21.6 Å². The first-order valence-corrected chi connectivity index (χ1v) is 10.7. The van der Waals surface area contributed by atoms with Gasteiger partial charge in [-0.2, -0.15) is 4.31 Å². The van der Waals surface area contributed by atoms with Crippen LogP contribution in [0.3, 0.4) is 0 Å². The SMILES string of the molecule is O=C(Nc1nccs1)c1ccc2c(c1)S(=O)(=O)N(c1ccc(Br)cc1)C2=O. The van der Waals surface area contributed by atoms with Gasteiger partial charge in [0.25, 0.3) is 21.8 Å². The highest BCUT2D eigenvalue weighted by Gasteiger charge is 2.42. The summed E-state index contributed by atoms with van der Waals surface area (Å²) in [7, 11) is -4.10. The number of carbonyl (C=O) groups excluding carboxylic acids is 2. The Bertz CT molecular complexity index is 1160. The molecule has 7 nitrogen and oxygen atoms in total. The summed E-state index contributed by atoms with van der Waals surface area (Å²) in [6, 6.07) is 10.3. The van der Waals surface area contributed by atoms with Crippen LogP contribution in [0.4, 0.5) is 10.8 Å². The van der Waals surface area contributed by atoms with Crippen molar-refractivity contribution in [3.8, 4) is 0 Å². The summed E-state index contributed by atoms with van der Waals surface area (Å²) < 4.78 is 27.3. The molecule has 1 aliphatic rings. The largest absolute Gasteiger partial charge is 0.298 e. The third-order valence-corrected chi connectivity index (χ3v) is 6.86. The number of sulfonamides is 1. The highest BCUT2D eigenvalue weighted by molar-refractivity contribution is 9.10. The number of nitrogens with one attached hydrogen (secondary N) is 1. The average Bonchev–Trinajstić information content (AvgIpc) is 3.21. The molecular weight excluding hydrogens is 454 g/mol. The first-order chi connectivity index (χ1) is 12.9. The lowest BCUT2D eigenvalue weighted by Crippen LogP contribution is -2.29. The monoisotopic (exact) mass is 463 g/mol. The van der Waals surface area contributed by atoms with Crippen LogP contribution in [-0.2, 0) is 10.0 Å². The Kier molecular flexibility index (Phi) is 4.33. The van der Waals surface area contributed by atoms with E-state index in [1.165, 1.54) is 41.7 Å². The minimum Gasteiger partial charge on any atom is -0.298 e. The number of benzene rings is 2. The minimum atomic E-state index is -4.10. The van der Waals surface area contributed by atoms with Crippen LogP contribution >= 0.6 is 27.3 Å². The third-order valence-electron chi connectivity index (χ3n) is 3.89. The molecule has 2 amide bonds. The van der Waals surface area contributed by atoms with Crippen molar-refractivity contribution >= 4 is 59.9 Å². The molecule has 1 aromatic heterocycles. The second-order valence-corrected chi connectivity index (χ2v) is 9.12. The van der Waals surface area contributed by atoms with Crippen molar-refractivity contribution in [1.29, 1.82) is 0 Å². The maximum Gasteiger partial charge on any atom is 0.273 e. The summed E-state index contributed by atoms with van der Waals surface area (Å²) in [5.41, 5.74) is 0.384. The van der Waals surface area contributed by atoms with Crippen LogP contribution in [0.2, 0.25) is 0 Å². The molecule has 0 bridgehead atoms. The van der Waals surface area contributed by atoms with Gasteiger partial charge in [-0.25, -0.2) is 13.4 Å². The molecule has 0 radical (unpaired) electrons. The predicted octanol–water partition coefficient (Wildman–Crippen LogP) is 3.51. The fourth-order valence-electron chi connectivity index (χ4n) is 2.66. The second kappa shape index (κ2) is 6.55. The molecule has 0 atom stereocenters. The number of fused-ring (bicyclic) bond motifs is 1. The zero-order chi connectivity index (χ0) is 19.2. The molecule has 0 unspecified atom stereocenters. The molecule has 0 saturated carbocycles. The summed E-state index contributed by atoms with van der Waals surface area (Å²) in [5.74, 6) is -1.16. The summed E-state index contributed by atoms with van der Waals surface area (Å²) in [5, 5.41) is 4.69. The highest BCUT2D eigenvalue weighted by atomic mass is 79.9. The number of amides is 2. The molecule has 1 N–H and O–H groups in total. The molecule has 136 valence electrons. The summed E-state index contributed by atoms with van der Waals surface area (Å²) in [6.07, 6.45) is 1.54. The van der Waals surface area contributed by atoms with Crippen molar-refractivity contribution in [1.82, 2.24) is 4.98 Å². The van der Waals surface area contributed by atoms with Crippen molar-refractivity contribution in [2.24, 2.45) is 0 Å². The highest BCUT2D eigenvalue weighted by Crippen LogP contribution is 2.35. The summed E-state index contributed by atoms with van der Waals surface area (Å²) in [4.78, 5) is 28.8. The topological polar surface area (TPSA) is 96.4 Å². The lowest BCUT2D eigenvalue weighted by Gasteiger charge is -2.15. The fraction of sp³-hybridized carbons (Fsp3) is 0. The Balaban J connectivity index is 1.73. The van der Waals surface area contributed by atoms with Gasteiger partial charge in [-0.05, 0) is 42.5 Å². The number of hydrogen-bond acceptors (Lipinski definition) is 6. The van der Waals surface area contributed by atoms with E-state index < -0.39 is 21.8 Å². The molecule has 10 heteroatoms. The molecule has 27 heavy (non-hydrogen) atoms. The van der Waals surface area contributed by atoms with Crippen molar-refractivity contribution in [2.75, 3.05) is 9.62 Å². The average molecular weight is 464 g/mol. The standard InChI is InChI=1S/C17H10BrN3O4S2/c18-11-2-4-12(5-3-11)21-16(23)13-6-1-10(9-14(13)27(21,24)25)15(22)20-17-19-7-8-26-17/h1-9H,(H,19,20,22). The van der Waals surface area contributed by atoms with Gasteiger partial charge in [-0.1, -0.05) is 15.9 Å². The van der Waals surface area contributed by atoms with Crippen LogP contribution in [0.15, 0.2) is 63.4 Å². The van der Waals surface area contributed by atoms with Crippen LogP contribution in [0.25, 0.3) is 0 Å². The van der Waals surface area contributed by atoms with Crippen LogP contribution in [0.1, 0.15) is 20.7 Å². The maximum absolute atomic E-state index is 12.9. The van der Waals surface area contributed by atoms with E-state index in [1.807, 2.05) is 0 Å². The van der Waals surface area contributed by atoms with Crippen molar-refractivity contribution in [2.45, 2.75) is 4.90 Å². The van der Waals surface area contributed by atoms with Crippen LogP contribution in [-0.4, -0.2) is 25.2 Å². The number of halogens is 1. The molecule has 4 rings (SSSR count). The quantitative estimate of drug-likeness (QED) is 0.640. The molecule has 1 aliphatic heterocycles. The van der Waals surface area contributed by atoms with Crippen molar-refractivity contribution in [3.05, 3.63) is 69.6 Å². The maximum atomic E-state index is 12.9. The Labute approximate surface area is 166 Å². The second-order valence-electron chi connectivity index (χ2n) is 5.55. The van der Waals surface area contributed by atoms with Gasteiger partial charge in [0.05, 0.1) is 11.3 Å². The molecule has 0 spiro atoms. The Morgan fingerprint density at radius 1 is 1.15 bits per heavy atom. The summed E-state index contributed by atoms with van der Waals surface area (Å²) in [6.45, 7) is 0. The van der Waals surface area contributed by atoms with E-state index in [2.05, 4.69) is 26.2 Å². The lowest BCUT2D eigenvalue weighted by atomic mass is 10.1. The van der Waals surface area contributed by atoms with E-state index in [1.54, 1.807) is 23.7 Å². The summed E-state index contributed by atoms with van der Waals surface area (Å²) >= 11 is 4.52. The molecule has 0 saturated heterocycles. The number of carbonyl (C=O) groups is 2. The lowest BCUT2D eigenvalue weighted by molar-refractivity contribution is 0.100. The predicted molar refractivity (Wildman–Crippen MR) is 105 cm³/mol. The Hall–Kier alpha value is -2.56. The van der Waals surface area contributed by atoms with Gasteiger partial charge in [0.2, 0.25) is 0 Å². The first-order valence-electron chi connectivity index (χ1n) is 7.58. The van der Waals surface area contributed by atoms with E-state index >= 15 is 0 Å². The molecule has 0 fully saturated rings. The van der Waals surface area contributed by atoms with Crippen molar-refractivity contribution < 1.29 is 18.0 Å². The van der Waals surface area contributed by atoms with E-state index in [0.717, 1.165) is 8.78 Å². The van der Waals surface area contributed by atoms with Crippen LogP contribution in [0.5, 0.6) is 0 Å². The fourth-order valence-corrected chi connectivity index (χ4v) is 5.07. The molecular formula is C17H10BrN3O4S2. The number of rotatable bonds is 3. The van der Waals surface area contributed by atoms with Crippen LogP contribution < -0.4 is 9.62 Å². The smallest absolute Gasteiger partial charge is 0.273 e.